The minimum atomic E-state index is -0.346. The van der Waals surface area contributed by atoms with Gasteiger partial charge in [0.25, 0.3) is 0 Å². The van der Waals surface area contributed by atoms with Crippen molar-refractivity contribution in [1.82, 2.24) is 15.0 Å². The number of fused-ring (bicyclic) bond motifs is 1. The van der Waals surface area contributed by atoms with Crippen LogP contribution in [0.2, 0.25) is 0 Å². The van der Waals surface area contributed by atoms with Crippen molar-refractivity contribution in [3.63, 3.8) is 0 Å². The molecule has 0 aliphatic heterocycles. The molecule has 3 aromatic rings. The average molecular weight is 285 g/mol. The van der Waals surface area contributed by atoms with Gasteiger partial charge in [0.05, 0.1) is 17.7 Å². The van der Waals surface area contributed by atoms with Crippen LogP contribution in [0.1, 0.15) is 5.56 Å². The van der Waals surface area contributed by atoms with Crippen LogP contribution in [0.25, 0.3) is 22.3 Å². The lowest BCUT2D eigenvalue weighted by atomic mass is 10.0. The highest BCUT2D eigenvalue weighted by atomic mass is 19.1. The van der Waals surface area contributed by atoms with Crippen LogP contribution in [0.4, 0.5) is 16.2 Å². The van der Waals surface area contributed by atoms with Crippen molar-refractivity contribution in [3.05, 3.63) is 41.7 Å². The van der Waals surface area contributed by atoms with E-state index in [9.17, 15) is 9.50 Å². The van der Waals surface area contributed by atoms with Gasteiger partial charge in [0.1, 0.15) is 11.6 Å². The molecule has 2 aromatic heterocycles. The molecule has 2 heterocycles. The van der Waals surface area contributed by atoms with Gasteiger partial charge in [-0.1, -0.05) is 0 Å². The summed E-state index contributed by atoms with van der Waals surface area (Å²) < 4.78 is 13.0. The standard InChI is InChI=1S/C14H12FN5O/c15-9-3-1-7(2-4-9)11-8(6-21)5-10-12(16)19-14(17)20-13(10)18-11/h1-5,21H,6H2,(H4,16,17,18,19,20). The van der Waals surface area contributed by atoms with Crippen LogP contribution >= 0.6 is 0 Å². The summed E-state index contributed by atoms with van der Waals surface area (Å²) in [4.78, 5) is 12.3. The molecule has 21 heavy (non-hydrogen) atoms. The first-order valence-corrected chi connectivity index (χ1v) is 6.18. The second-order valence-electron chi connectivity index (χ2n) is 4.50. The van der Waals surface area contributed by atoms with Crippen LogP contribution in [0.15, 0.2) is 30.3 Å². The van der Waals surface area contributed by atoms with Crippen LogP contribution in [0.5, 0.6) is 0 Å². The van der Waals surface area contributed by atoms with Gasteiger partial charge in [0, 0.05) is 11.1 Å². The summed E-state index contributed by atoms with van der Waals surface area (Å²) >= 11 is 0. The third-order valence-corrected chi connectivity index (χ3v) is 3.10. The zero-order chi connectivity index (χ0) is 15.0. The lowest BCUT2D eigenvalue weighted by Crippen LogP contribution is -2.04. The normalized spacial score (nSPS) is 11.0. The molecule has 0 spiro atoms. The predicted octanol–water partition coefficient (Wildman–Crippen LogP) is 1.49. The molecule has 5 N–H and O–H groups in total. The Morgan fingerprint density at radius 1 is 1.05 bits per heavy atom. The molecule has 1 aromatic carbocycles. The number of anilines is 2. The summed E-state index contributed by atoms with van der Waals surface area (Å²) in [5.74, 6) is -0.124. The highest BCUT2D eigenvalue weighted by molar-refractivity contribution is 5.89. The Balaban J connectivity index is 2.28. The first-order chi connectivity index (χ1) is 10.1. The van der Waals surface area contributed by atoms with E-state index >= 15 is 0 Å². The van der Waals surface area contributed by atoms with Crippen LogP contribution in [0.3, 0.4) is 0 Å². The quantitative estimate of drug-likeness (QED) is 0.657. The summed E-state index contributed by atoms with van der Waals surface area (Å²) in [7, 11) is 0. The lowest BCUT2D eigenvalue weighted by Gasteiger charge is -2.10. The highest BCUT2D eigenvalue weighted by Gasteiger charge is 2.12. The smallest absolute Gasteiger partial charge is 0.224 e. The van der Waals surface area contributed by atoms with E-state index in [-0.39, 0.29) is 24.2 Å². The molecular formula is C14H12FN5O. The minimum absolute atomic E-state index is 0.0225. The molecule has 3 rings (SSSR count). The summed E-state index contributed by atoms with van der Waals surface area (Å²) in [5.41, 5.74) is 13.4. The number of hydrogen-bond donors (Lipinski definition) is 3. The summed E-state index contributed by atoms with van der Waals surface area (Å²) in [6.45, 7) is -0.237. The van der Waals surface area contributed by atoms with Gasteiger partial charge in [-0.3, -0.25) is 0 Å². The topological polar surface area (TPSA) is 111 Å². The highest BCUT2D eigenvalue weighted by Crippen LogP contribution is 2.27. The number of nitrogens with two attached hydrogens (primary N) is 2. The van der Waals surface area contributed by atoms with Gasteiger partial charge < -0.3 is 16.6 Å². The van der Waals surface area contributed by atoms with Crippen molar-refractivity contribution in [2.75, 3.05) is 11.5 Å². The van der Waals surface area contributed by atoms with Crippen LogP contribution in [0, 0.1) is 5.82 Å². The van der Waals surface area contributed by atoms with E-state index in [2.05, 4.69) is 15.0 Å². The van der Waals surface area contributed by atoms with Gasteiger partial charge >= 0.3 is 0 Å². The number of halogens is 1. The number of nitrogens with zero attached hydrogens (tertiary/aromatic N) is 3. The molecule has 0 radical (unpaired) electrons. The molecule has 106 valence electrons. The zero-order valence-corrected chi connectivity index (χ0v) is 10.9. The van der Waals surface area contributed by atoms with Crippen molar-refractivity contribution >= 4 is 22.8 Å². The number of aliphatic hydroxyl groups is 1. The van der Waals surface area contributed by atoms with Crippen LogP contribution in [-0.4, -0.2) is 20.1 Å². The first kappa shape index (κ1) is 13.2. The van der Waals surface area contributed by atoms with Crippen molar-refractivity contribution in [1.29, 1.82) is 0 Å². The van der Waals surface area contributed by atoms with E-state index in [0.717, 1.165) is 0 Å². The summed E-state index contributed by atoms with van der Waals surface area (Å²) in [6.07, 6.45) is 0. The van der Waals surface area contributed by atoms with Crippen molar-refractivity contribution < 1.29 is 9.50 Å². The third kappa shape index (κ3) is 2.34. The van der Waals surface area contributed by atoms with Crippen LogP contribution < -0.4 is 11.5 Å². The van der Waals surface area contributed by atoms with Gasteiger partial charge in [-0.2, -0.15) is 9.97 Å². The number of nitrogen functional groups attached to an aromatic ring is 2. The SMILES string of the molecule is Nc1nc(N)c2cc(CO)c(-c3ccc(F)cc3)nc2n1. The maximum atomic E-state index is 13.0. The fourth-order valence-corrected chi connectivity index (χ4v) is 2.11. The van der Waals surface area contributed by atoms with Gasteiger partial charge in [-0.15, -0.1) is 0 Å². The number of rotatable bonds is 2. The summed E-state index contributed by atoms with van der Waals surface area (Å²) in [6, 6.07) is 7.47. The van der Waals surface area contributed by atoms with Gasteiger partial charge in [0.2, 0.25) is 5.95 Å². The molecule has 6 nitrogen and oxygen atoms in total. The lowest BCUT2D eigenvalue weighted by molar-refractivity contribution is 0.282. The summed E-state index contributed by atoms with van der Waals surface area (Å²) in [5, 5.41) is 10.0. The van der Waals surface area contributed by atoms with Gasteiger partial charge in [-0.05, 0) is 30.3 Å². The van der Waals surface area contributed by atoms with Crippen molar-refractivity contribution in [2.24, 2.45) is 0 Å². The third-order valence-electron chi connectivity index (χ3n) is 3.10. The molecule has 0 saturated heterocycles. The maximum Gasteiger partial charge on any atom is 0.224 e. The number of benzene rings is 1. The molecule has 0 saturated carbocycles. The van der Waals surface area contributed by atoms with E-state index in [1.807, 2.05) is 0 Å². The number of hydrogen-bond acceptors (Lipinski definition) is 6. The second-order valence-corrected chi connectivity index (χ2v) is 4.50. The molecule has 0 amide bonds. The first-order valence-electron chi connectivity index (χ1n) is 6.18. The zero-order valence-electron chi connectivity index (χ0n) is 10.9. The second kappa shape index (κ2) is 4.95. The van der Waals surface area contributed by atoms with E-state index in [1.54, 1.807) is 18.2 Å². The fraction of sp³-hybridized carbons (Fsp3) is 0.0714. The van der Waals surface area contributed by atoms with E-state index in [0.29, 0.717) is 27.9 Å². The Morgan fingerprint density at radius 3 is 2.43 bits per heavy atom. The number of pyridine rings is 1. The minimum Gasteiger partial charge on any atom is -0.392 e. The molecule has 0 atom stereocenters. The van der Waals surface area contributed by atoms with Gasteiger partial charge in [0.15, 0.2) is 5.65 Å². The molecule has 0 aliphatic carbocycles. The Hall–Kier alpha value is -2.80. The number of aliphatic hydroxyl groups excluding tert-OH is 1. The molecule has 0 fully saturated rings. The molecule has 0 bridgehead atoms. The maximum absolute atomic E-state index is 13.0. The largest absolute Gasteiger partial charge is 0.392 e. The Kier molecular flexibility index (Phi) is 3.11. The monoisotopic (exact) mass is 285 g/mol. The van der Waals surface area contributed by atoms with E-state index in [4.69, 9.17) is 11.5 Å². The molecule has 7 heteroatoms. The Labute approximate surface area is 119 Å². The molecular weight excluding hydrogens is 273 g/mol. The predicted molar refractivity (Wildman–Crippen MR) is 77.5 cm³/mol. The average Bonchev–Trinajstić information content (AvgIpc) is 2.47. The Morgan fingerprint density at radius 2 is 1.76 bits per heavy atom. The van der Waals surface area contributed by atoms with E-state index < -0.39 is 0 Å². The molecule has 0 aliphatic rings. The fourth-order valence-electron chi connectivity index (χ4n) is 2.11. The number of aromatic nitrogens is 3. The van der Waals surface area contributed by atoms with Crippen molar-refractivity contribution in [3.8, 4) is 11.3 Å². The van der Waals surface area contributed by atoms with Gasteiger partial charge in [-0.25, -0.2) is 9.37 Å². The van der Waals surface area contributed by atoms with E-state index in [1.165, 1.54) is 12.1 Å². The van der Waals surface area contributed by atoms with Crippen molar-refractivity contribution in [2.45, 2.75) is 6.61 Å². The Bertz CT molecular complexity index is 820. The molecule has 0 unspecified atom stereocenters. The van der Waals surface area contributed by atoms with Crippen LogP contribution in [-0.2, 0) is 6.61 Å².